The third-order valence-corrected chi connectivity index (χ3v) is 2.77. The van der Waals surface area contributed by atoms with E-state index in [-0.39, 0.29) is 17.1 Å². The van der Waals surface area contributed by atoms with Crippen LogP contribution in [0.5, 0.6) is 11.6 Å². The number of aromatic nitrogens is 1. The number of nitrogens with zero attached hydrogens (tertiary/aromatic N) is 1. The Morgan fingerprint density at radius 2 is 1.85 bits per heavy atom. The molecule has 1 heterocycles. The number of nitrogens with two attached hydrogens (primary N) is 1. The quantitative estimate of drug-likeness (QED) is 0.869. The lowest BCUT2D eigenvalue weighted by molar-refractivity contribution is 0.0601. The summed E-state index contributed by atoms with van der Waals surface area (Å²) in [6.45, 7) is 3.95. The van der Waals surface area contributed by atoms with Crippen molar-refractivity contribution in [3.63, 3.8) is 0 Å². The molecule has 0 saturated heterocycles. The van der Waals surface area contributed by atoms with E-state index in [1.807, 2.05) is 32.0 Å². The number of hydrogen-bond acceptors (Lipinski definition) is 5. The Bertz CT molecular complexity index is 633. The molecule has 0 spiro atoms. The Balaban J connectivity index is 2.36. The predicted molar refractivity (Wildman–Crippen MR) is 76.0 cm³/mol. The molecule has 104 valence electrons. The molecular weight excluding hydrogens is 256 g/mol. The molecule has 0 amide bonds. The van der Waals surface area contributed by atoms with Crippen molar-refractivity contribution >= 4 is 11.7 Å². The zero-order valence-corrected chi connectivity index (χ0v) is 11.6. The summed E-state index contributed by atoms with van der Waals surface area (Å²) in [7, 11) is 1.30. The normalized spacial score (nSPS) is 10.2. The molecule has 0 fully saturated rings. The predicted octanol–water partition coefficient (Wildman–Crippen LogP) is 2.86. The van der Waals surface area contributed by atoms with Crippen LogP contribution in [0.25, 0.3) is 0 Å². The van der Waals surface area contributed by atoms with Crippen LogP contribution >= 0.6 is 0 Å². The highest BCUT2D eigenvalue weighted by Crippen LogP contribution is 2.29. The Morgan fingerprint density at radius 3 is 2.45 bits per heavy atom. The van der Waals surface area contributed by atoms with Crippen molar-refractivity contribution in [1.29, 1.82) is 0 Å². The van der Waals surface area contributed by atoms with Crippen LogP contribution in [0, 0.1) is 13.8 Å². The topological polar surface area (TPSA) is 74.4 Å². The van der Waals surface area contributed by atoms with E-state index in [0.29, 0.717) is 5.75 Å². The van der Waals surface area contributed by atoms with E-state index in [0.717, 1.165) is 11.1 Å². The van der Waals surface area contributed by atoms with Crippen molar-refractivity contribution < 1.29 is 14.3 Å². The van der Waals surface area contributed by atoms with Crippen molar-refractivity contribution in [1.82, 2.24) is 4.98 Å². The van der Waals surface area contributed by atoms with Gasteiger partial charge in [-0.3, -0.25) is 0 Å². The van der Waals surface area contributed by atoms with Gasteiger partial charge in [0.05, 0.1) is 12.7 Å². The molecule has 0 aliphatic carbocycles. The second kappa shape index (κ2) is 5.61. The fraction of sp³-hybridized carbons (Fsp3) is 0.200. The second-order valence-corrected chi connectivity index (χ2v) is 4.49. The lowest BCUT2D eigenvalue weighted by atomic mass is 10.1. The monoisotopic (exact) mass is 272 g/mol. The van der Waals surface area contributed by atoms with Crippen molar-refractivity contribution in [2.75, 3.05) is 12.8 Å². The van der Waals surface area contributed by atoms with Gasteiger partial charge in [-0.05, 0) is 43.2 Å². The van der Waals surface area contributed by atoms with E-state index in [1.54, 1.807) is 0 Å². The summed E-state index contributed by atoms with van der Waals surface area (Å²) < 4.78 is 10.3. The summed E-state index contributed by atoms with van der Waals surface area (Å²) in [6.07, 6.45) is 1.46. The van der Waals surface area contributed by atoms with Crippen molar-refractivity contribution in [3.05, 3.63) is 47.2 Å². The standard InChI is InChI=1S/C15H16N2O3/c1-9-6-10(2)8-11(7-9)20-14-13(16)12(4-5-17-14)15(18)19-3/h4-8H,16H2,1-3H3. The maximum Gasteiger partial charge on any atom is 0.340 e. The van der Waals surface area contributed by atoms with Crippen LogP contribution in [0.2, 0.25) is 0 Å². The number of esters is 1. The van der Waals surface area contributed by atoms with Crippen molar-refractivity contribution in [3.8, 4) is 11.6 Å². The molecule has 1 aromatic heterocycles. The van der Waals surface area contributed by atoms with Crippen LogP contribution < -0.4 is 10.5 Å². The molecule has 0 bridgehead atoms. The highest BCUT2D eigenvalue weighted by atomic mass is 16.5. The molecular formula is C15H16N2O3. The summed E-state index contributed by atoms with van der Waals surface area (Å²) in [5, 5.41) is 0. The van der Waals surface area contributed by atoms with Gasteiger partial charge in [0.25, 0.3) is 0 Å². The third kappa shape index (κ3) is 2.88. The number of pyridine rings is 1. The zero-order chi connectivity index (χ0) is 14.7. The van der Waals surface area contributed by atoms with Gasteiger partial charge in [-0.1, -0.05) is 6.07 Å². The first kappa shape index (κ1) is 13.9. The molecule has 0 aliphatic rings. The summed E-state index contributed by atoms with van der Waals surface area (Å²) >= 11 is 0. The molecule has 0 atom stereocenters. The number of rotatable bonds is 3. The molecule has 20 heavy (non-hydrogen) atoms. The molecule has 0 aliphatic heterocycles. The molecule has 2 rings (SSSR count). The molecule has 1 aromatic carbocycles. The molecule has 2 N–H and O–H groups in total. The number of hydrogen-bond donors (Lipinski definition) is 1. The molecule has 5 nitrogen and oxygen atoms in total. The average molecular weight is 272 g/mol. The lowest BCUT2D eigenvalue weighted by Crippen LogP contribution is -2.07. The summed E-state index contributed by atoms with van der Waals surface area (Å²) in [4.78, 5) is 15.6. The Kier molecular flexibility index (Phi) is 3.89. The fourth-order valence-electron chi connectivity index (χ4n) is 1.93. The minimum absolute atomic E-state index is 0.165. The van der Waals surface area contributed by atoms with Crippen LogP contribution in [-0.4, -0.2) is 18.1 Å². The second-order valence-electron chi connectivity index (χ2n) is 4.49. The first-order chi connectivity index (χ1) is 9.51. The minimum Gasteiger partial charge on any atom is -0.465 e. The van der Waals surface area contributed by atoms with Gasteiger partial charge in [-0.15, -0.1) is 0 Å². The SMILES string of the molecule is COC(=O)c1ccnc(Oc2cc(C)cc(C)c2)c1N. The van der Waals surface area contributed by atoms with Gasteiger partial charge in [-0.2, -0.15) is 0 Å². The fourth-order valence-corrected chi connectivity index (χ4v) is 1.93. The Labute approximate surface area is 117 Å². The number of benzene rings is 1. The van der Waals surface area contributed by atoms with E-state index < -0.39 is 5.97 Å². The van der Waals surface area contributed by atoms with Crippen LogP contribution in [0.4, 0.5) is 5.69 Å². The van der Waals surface area contributed by atoms with Gasteiger partial charge in [-0.25, -0.2) is 9.78 Å². The van der Waals surface area contributed by atoms with Gasteiger partial charge < -0.3 is 15.2 Å². The van der Waals surface area contributed by atoms with Crippen LogP contribution in [0.3, 0.4) is 0 Å². The highest BCUT2D eigenvalue weighted by Gasteiger charge is 2.15. The van der Waals surface area contributed by atoms with Crippen LogP contribution in [0.15, 0.2) is 30.5 Å². The summed E-state index contributed by atoms with van der Waals surface area (Å²) in [6, 6.07) is 7.28. The minimum atomic E-state index is -0.518. The van der Waals surface area contributed by atoms with Crippen LogP contribution in [-0.2, 0) is 4.74 Å². The first-order valence-corrected chi connectivity index (χ1v) is 6.10. The Morgan fingerprint density at radius 1 is 1.20 bits per heavy atom. The van der Waals surface area contributed by atoms with Gasteiger partial charge in [0.15, 0.2) is 0 Å². The molecule has 2 aromatic rings. The average Bonchev–Trinajstić information content (AvgIpc) is 2.39. The van der Waals surface area contributed by atoms with Gasteiger partial charge in [0, 0.05) is 6.20 Å². The summed E-state index contributed by atoms with van der Waals surface area (Å²) in [5.74, 6) is 0.303. The van der Waals surface area contributed by atoms with Crippen molar-refractivity contribution in [2.24, 2.45) is 0 Å². The molecule has 0 unspecified atom stereocenters. The zero-order valence-electron chi connectivity index (χ0n) is 11.6. The van der Waals surface area contributed by atoms with Crippen molar-refractivity contribution in [2.45, 2.75) is 13.8 Å². The maximum absolute atomic E-state index is 11.6. The smallest absolute Gasteiger partial charge is 0.340 e. The van der Waals surface area contributed by atoms with Gasteiger partial charge in [0.1, 0.15) is 11.4 Å². The van der Waals surface area contributed by atoms with E-state index in [1.165, 1.54) is 19.4 Å². The molecule has 0 saturated carbocycles. The number of carbonyl (C=O) groups is 1. The van der Waals surface area contributed by atoms with E-state index in [9.17, 15) is 4.79 Å². The van der Waals surface area contributed by atoms with Gasteiger partial charge >= 0.3 is 5.97 Å². The first-order valence-electron chi connectivity index (χ1n) is 6.10. The van der Waals surface area contributed by atoms with E-state index >= 15 is 0 Å². The number of carbonyl (C=O) groups excluding carboxylic acids is 1. The largest absolute Gasteiger partial charge is 0.465 e. The van der Waals surface area contributed by atoms with Gasteiger partial charge in [0.2, 0.25) is 5.88 Å². The lowest BCUT2D eigenvalue weighted by Gasteiger charge is -2.11. The van der Waals surface area contributed by atoms with E-state index in [2.05, 4.69) is 9.72 Å². The van der Waals surface area contributed by atoms with Crippen LogP contribution in [0.1, 0.15) is 21.5 Å². The third-order valence-electron chi connectivity index (χ3n) is 2.77. The number of ether oxygens (including phenoxy) is 2. The van der Waals surface area contributed by atoms with E-state index in [4.69, 9.17) is 10.5 Å². The Hall–Kier alpha value is -2.56. The molecule has 0 radical (unpaired) electrons. The summed E-state index contributed by atoms with van der Waals surface area (Å²) in [5.41, 5.74) is 8.44. The number of methoxy groups -OCH3 is 1. The number of nitrogen functional groups attached to an aromatic ring is 1. The highest BCUT2D eigenvalue weighted by molar-refractivity contribution is 5.96. The maximum atomic E-state index is 11.6. The number of aryl methyl sites for hydroxylation is 2. The molecule has 5 heteroatoms. The number of anilines is 1.